The molecule has 0 spiro atoms. The van der Waals surface area contributed by atoms with Gasteiger partial charge in [0.05, 0.1) is 7.11 Å². The number of nitrogens with one attached hydrogen (secondary N) is 1. The fourth-order valence-corrected chi connectivity index (χ4v) is 2.08. The summed E-state index contributed by atoms with van der Waals surface area (Å²) >= 11 is 0. The first-order valence-electron chi connectivity index (χ1n) is 7.09. The Bertz CT molecular complexity index is 386. The van der Waals surface area contributed by atoms with Crippen LogP contribution in [0.15, 0.2) is 24.3 Å². The molecule has 0 aliphatic heterocycles. The Morgan fingerprint density at radius 2 is 1.95 bits per heavy atom. The van der Waals surface area contributed by atoms with E-state index in [0.717, 1.165) is 37.1 Å². The summed E-state index contributed by atoms with van der Waals surface area (Å²) in [5.74, 6) is 1.57. The van der Waals surface area contributed by atoms with Crippen molar-refractivity contribution < 1.29 is 9.53 Å². The monoisotopic (exact) mass is 263 g/mol. The maximum absolute atomic E-state index is 11.8. The first kappa shape index (κ1) is 15.5. The van der Waals surface area contributed by atoms with Crippen molar-refractivity contribution in [1.29, 1.82) is 0 Å². The third kappa shape index (κ3) is 5.33. The summed E-state index contributed by atoms with van der Waals surface area (Å²) in [6, 6.07) is 7.85. The zero-order chi connectivity index (χ0) is 14.1. The second-order valence-corrected chi connectivity index (χ2v) is 4.80. The van der Waals surface area contributed by atoms with Crippen molar-refractivity contribution in [3.05, 3.63) is 29.8 Å². The van der Waals surface area contributed by atoms with Crippen LogP contribution in [0, 0.1) is 5.92 Å². The molecule has 0 radical (unpaired) electrons. The number of para-hydroxylation sites is 1. The minimum absolute atomic E-state index is 0.123. The fourth-order valence-electron chi connectivity index (χ4n) is 2.08. The highest BCUT2D eigenvalue weighted by molar-refractivity contribution is 5.76. The van der Waals surface area contributed by atoms with Gasteiger partial charge in [0.1, 0.15) is 5.75 Å². The van der Waals surface area contributed by atoms with Crippen molar-refractivity contribution in [3.63, 3.8) is 0 Å². The average molecular weight is 263 g/mol. The number of carbonyl (C=O) groups excluding carboxylic acids is 1. The van der Waals surface area contributed by atoms with Crippen LogP contribution >= 0.6 is 0 Å². The van der Waals surface area contributed by atoms with Gasteiger partial charge in [-0.2, -0.15) is 0 Å². The lowest BCUT2D eigenvalue weighted by molar-refractivity contribution is -0.121. The van der Waals surface area contributed by atoms with Gasteiger partial charge in [0.2, 0.25) is 5.91 Å². The topological polar surface area (TPSA) is 38.3 Å². The normalized spacial score (nSPS) is 10.5. The molecule has 0 heterocycles. The van der Waals surface area contributed by atoms with Crippen LogP contribution in [0.2, 0.25) is 0 Å². The Hall–Kier alpha value is -1.51. The largest absolute Gasteiger partial charge is 0.496 e. The second kappa shape index (κ2) is 8.57. The maximum atomic E-state index is 11.8. The molecule has 0 saturated heterocycles. The maximum Gasteiger partial charge on any atom is 0.220 e. The quantitative estimate of drug-likeness (QED) is 0.782. The van der Waals surface area contributed by atoms with Gasteiger partial charge in [-0.25, -0.2) is 0 Å². The molecular weight excluding hydrogens is 238 g/mol. The van der Waals surface area contributed by atoms with E-state index in [9.17, 15) is 4.79 Å². The summed E-state index contributed by atoms with van der Waals surface area (Å²) in [5.41, 5.74) is 1.09. The molecule has 0 bridgehead atoms. The minimum Gasteiger partial charge on any atom is -0.496 e. The Balaban J connectivity index is 2.37. The highest BCUT2D eigenvalue weighted by Gasteiger charge is 2.08. The average Bonchev–Trinajstić information content (AvgIpc) is 2.46. The molecule has 1 aromatic carbocycles. The summed E-state index contributed by atoms with van der Waals surface area (Å²) in [7, 11) is 1.66. The van der Waals surface area contributed by atoms with Gasteiger partial charge in [0.25, 0.3) is 0 Å². The van der Waals surface area contributed by atoms with Crippen LogP contribution in [-0.4, -0.2) is 19.6 Å². The molecule has 19 heavy (non-hydrogen) atoms. The van der Waals surface area contributed by atoms with Gasteiger partial charge in [-0.1, -0.05) is 44.9 Å². The first-order chi connectivity index (χ1) is 9.21. The summed E-state index contributed by atoms with van der Waals surface area (Å²) in [5, 5.41) is 3.01. The van der Waals surface area contributed by atoms with Crippen molar-refractivity contribution >= 4 is 5.91 Å². The van der Waals surface area contributed by atoms with Crippen LogP contribution in [0.4, 0.5) is 0 Å². The van der Waals surface area contributed by atoms with Crippen LogP contribution in [0.1, 0.15) is 38.7 Å². The van der Waals surface area contributed by atoms with Crippen molar-refractivity contribution in [2.24, 2.45) is 5.92 Å². The molecule has 3 heteroatoms. The predicted molar refractivity (Wildman–Crippen MR) is 78.4 cm³/mol. The summed E-state index contributed by atoms with van der Waals surface area (Å²) in [6.07, 6.45) is 3.46. The van der Waals surface area contributed by atoms with E-state index in [2.05, 4.69) is 19.2 Å². The van der Waals surface area contributed by atoms with Crippen molar-refractivity contribution in [2.75, 3.05) is 13.7 Å². The Morgan fingerprint density at radius 3 is 2.58 bits per heavy atom. The molecular formula is C16H25NO2. The number of methoxy groups -OCH3 is 1. The highest BCUT2D eigenvalue weighted by atomic mass is 16.5. The zero-order valence-corrected chi connectivity index (χ0v) is 12.2. The number of amides is 1. The zero-order valence-electron chi connectivity index (χ0n) is 12.2. The number of carbonyl (C=O) groups is 1. The lowest BCUT2D eigenvalue weighted by Crippen LogP contribution is -2.29. The highest BCUT2D eigenvalue weighted by Crippen LogP contribution is 2.18. The standard InChI is InChI=1S/C16H25NO2/c1-4-13(5-2)12-17-16(18)11-10-14-8-6-7-9-15(14)19-3/h6-9,13H,4-5,10-12H2,1-3H3,(H,17,18). The molecule has 106 valence electrons. The molecule has 1 aromatic rings. The fraction of sp³-hybridized carbons (Fsp3) is 0.562. The van der Waals surface area contributed by atoms with E-state index in [-0.39, 0.29) is 5.91 Å². The predicted octanol–water partition coefficient (Wildman–Crippen LogP) is 3.18. The molecule has 0 aromatic heterocycles. The van der Waals surface area contributed by atoms with Crippen LogP contribution in [-0.2, 0) is 11.2 Å². The molecule has 0 aliphatic rings. The molecule has 0 fully saturated rings. The van der Waals surface area contributed by atoms with Gasteiger partial charge in [-0.05, 0) is 24.0 Å². The Kier molecular flexibility index (Phi) is 7.01. The molecule has 0 unspecified atom stereocenters. The number of hydrogen-bond donors (Lipinski definition) is 1. The number of aryl methyl sites for hydroxylation is 1. The third-order valence-electron chi connectivity index (χ3n) is 3.56. The van der Waals surface area contributed by atoms with Crippen molar-refractivity contribution in [3.8, 4) is 5.75 Å². The lowest BCUT2D eigenvalue weighted by atomic mass is 10.0. The molecule has 0 atom stereocenters. The van der Waals surface area contributed by atoms with E-state index in [1.807, 2.05) is 24.3 Å². The van der Waals surface area contributed by atoms with Crippen LogP contribution in [0.5, 0.6) is 5.75 Å². The summed E-state index contributed by atoms with van der Waals surface area (Å²) in [4.78, 5) is 11.8. The molecule has 0 saturated carbocycles. The van der Waals surface area contributed by atoms with E-state index >= 15 is 0 Å². The SMILES string of the molecule is CCC(CC)CNC(=O)CCc1ccccc1OC. The minimum atomic E-state index is 0.123. The smallest absolute Gasteiger partial charge is 0.220 e. The number of benzene rings is 1. The Labute approximate surface area is 116 Å². The van der Waals surface area contributed by atoms with Gasteiger partial charge in [0, 0.05) is 13.0 Å². The van der Waals surface area contributed by atoms with Gasteiger partial charge in [-0.15, -0.1) is 0 Å². The lowest BCUT2D eigenvalue weighted by Gasteiger charge is -2.13. The summed E-state index contributed by atoms with van der Waals surface area (Å²) < 4.78 is 5.28. The number of ether oxygens (including phenoxy) is 1. The van der Waals surface area contributed by atoms with Gasteiger partial charge in [-0.3, -0.25) is 4.79 Å². The van der Waals surface area contributed by atoms with Crippen LogP contribution in [0.3, 0.4) is 0 Å². The molecule has 1 amide bonds. The first-order valence-corrected chi connectivity index (χ1v) is 7.09. The van der Waals surface area contributed by atoms with Crippen molar-refractivity contribution in [1.82, 2.24) is 5.32 Å². The van der Waals surface area contributed by atoms with E-state index in [0.29, 0.717) is 12.3 Å². The van der Waals surface area contributed by atoms with Crippen LogP contribution < -0.4 is 10.1 Å². The molecule has 3 nitrogen and oxygen atoms in total. The number of rotatable bonds is 8. The second-order valence-electron chi connectivity index (χ2n) is 4.80. The molecule has 1 rings (SSSR count). The van der Waals surface area contributed by atoms with E-state index in [1.54, 1.807) is 7.11 Å². The van der Waals surface area contributed by atoms with Crippen LogP contribution in [0.25, 0.3) is 0 Å². The van der Waals surface area contributed by atoms with E-state index in [1.165, 1.54) is 0 Å². The Morgan fingerprint density at radius 1 is 1.26 bits per heavy atom. The van der Waals surface area contributed by atoms with Crippen molar-refractivity contribution in [2.45, 2.75) is 39.5 Å². The van der Waals surface area contributed by atoms with E-state index in [4.69, 9.17) is 4.74 Å². The number of hydrogen-bond acceptors (Lipinski definition) is 2. The summed E-state index contributed by atoms with van der Waals surface area (Å²) in [6.45, 7) is 5.11. The van der Waals surface area contributed by atoms with Gasteiger partial charge in [0.15, 0.2) is 0 Å². The molecule has 1 N–H and O–H groups in total. The third-order valence-corrected chi connectivity index (χ3v) is 3.56. The van der Waals surface area contributed by atoms with Gasteiger partial charge < -0.3 is 10.1 Å². The molecule has 0 aliphatic carbocycles. The van der Waals surface area contributed by atoms with Gasteiger partial charge >= 0.3 is 0 Å². The van der Waals surface area contributed by atoms with E-state index < -0.39 is 0 Å².